The highest BCUT2D eigenvalue weighted by molar-refractivity contribution is 5.85. The Bertz CT molecular complexity index is 305. The maximum atomic E-state index is 11.5. The summed E-state index contributed by atoms with van der Waals surface area (Å²) in [6.45, 7) is 4.66. The third-order valence-electron chi connectivity index (χ3n) is 3.22. The van der Waals surface area contributed by atoms with Crippen molar-refractivity contribution in [3.05, 3.63) is 0 Å². The van der Waals surface area contributed by atoms with E-state index in [0.29, 0.717) is 19.0 Å². The molecular weight excluding hydrogens is 234 g/mol. The average Bonchev–Trinajstić information content (AvgIpc) is 3.12. The Balaban J connectivity index is 2.13. The predicted molar refractivity (Wildman–Crippen MR) is 68.5 cm³/mol. The lowest BCUT2D eigenvalue weighted by molar-refractivity contribution is -0.143. The van der Waals surface area contributed by atoms with Gasteiger partial charge in [-0.3, -0.25) is 0 Å². The molecule has 0 aromatic rings. The molecule has 1 aliphatic carbocycles. The number of rotatable bonds is 8. The zero-order valence-corrected chi connectivity index (χ0v) is 11.1. The van der Waals surface area contributed by atoms with E-state index in [1.807, 2.05) is 0 Å². The first-order valence-electron chi connectivity index (χ1n) is 6.50. The Kier molecular flexibility index (Phi) is 5.40. The number of amides is 2. The van der Waals surface area contributed by atoms with Crippen LogP contribution in [0, 0.1) is 0 Å². The number of carbonyl (C=O) groups excluding carboxylic acids is 1. The molecule has 0 spiro atoms. The van der Waals surface area contributed by atoms with Crippen LogP contribution in [0.4, 0.5) is 4.79 Å². The molecule has 1 unspecified atom stereocenters. The van der Waals surface area contributed by atoms with Gasteiger partial charge in [0.05, 0.1) is 0 Å². The number of hydrogen-bond acceptors (Lipinski definition) is 3. The fourth-order valence-corrected chi connectivity index (χ4v) is 1.47. The van der Waals surface area contributed by atoms with Gasteiger partial charge in [0, 0.05) is 12.6 Å². The Morgan fingerprint density at radius 1 is 1.33 bits per heavy atom. The van der Waals surface area contributed by atoms with Crippen LogP contribution < -0.4 is 16.0 Å². The van der Waals surface area contributed by atoms with Crippen LogP contribution in [0.15, 0.2) is 0 Å². The highest BCUT2D eigenvalue weighted by Gasteiger charge is 2.32. The van der Waals surface area contributed by atoms with E-state index in [9.17, 15) is 9.59 Å². The van der Waals surface area contributed by atoms with Crippen molar-refractivity contribution in [3.63, 3.8) is 0 Å². The summed E-state index contributed by atoms with van der Waals surface area (Å²) in [5.41, 5.74) is -1.20. The molecule has 6 heteroatoms. The molecule has 0 bridgehead atoms. The first-order chi connectivity index (χ1) is 8.48. The summed E-state index contributed by atoms with van der Waals surface area (Å²) in [5.74, 6) is -1.02. The number of carboxylic acid groups (broad SMARTS) is 1. The molecule has 6 nitrogen and oxygen atoms in total. The van der Waals surface area contributed by atoms with E-state index in [2.05, 4.69) is 16.0 Å². The van der Waals surface area contributed by atoms with Crippen LogP contribution in [0.5, 0.6) is 0 Å². The lowest BCUT2D eigenvalue weighted by atomic mass is 10.00. The quantitative estimate of drug-likeness (QED) is 0.481. The van der Waals surface area contributed by atoms with Crippen LogP contribution in [-0.4, -0.2) is 41.8 Å². The number of urea groups is 1. The number of carboxylic acids is 1. The van der Waals surface area contributed by atoms with Crippen molar-refractivity contribution in [2.45, 2.75) is 51.1 Å². The maximum absolute atomic E-state index is 11.5. The molecule has 0 aromatic heterocycles. The summed E-state index contributed by atoms with van der Waals surface area (Å²) in [7, 11) is 0. The van der Waals surface area contributed by atoms with Gasteiger partial charge in [0.2, 0.25) is 0 Å². The molecule has 0 aromatic carbocycles. The van der Waals surface area contributed by atoms with Crippen molar-refractivity contribution in [2.24, 2.45) is 0 Å². The van der Waals surface area contributed by atoms with Gasteiger partial charge in [-0.1, -0.05) is 6.92 Å². The minimum Gasteiger partial charge on any atom is -0.480 e. The van der Waals surface area contributed by atoms with E-state index in [1.165, 1.54) is 19.8 Å². The van der Waals surface area contributed by atoms with Gasteiger partial charge in [0.15, 0.2) is 0 Å². The number of aliphatic carboxylic acids is 1. The van der Waals surface area contributed by atoms with Crippen molar-refractivity contribution in [1.82, 2.24) is 16.0 Å². The van der Waals surface area contributed by atoms with Crippen molar-refractivity contribution in [1.29, 1.82) is 0 Å². The summed E-state index contributed by atoms with van der Waals surface area (Å²) in [5, 5.41) is 17.5. The summed E-state index contributed by atoms with van der Waals surface area (Å²) < 4.78 is 0. The Hall–Kier alpha value is -1.30. The minimum atomic E-state index is -1.20. The summed E-state index contributed by atoms with van der Waals surface area (Å²) in [6, 6.07) is 0.252. The third kappa shape index (κ3) is 4.91. The molecule has 0 heterocycles. The molecule has 0 aliphatic heterocycles. The average molecular weight is 257 g/mol. The molecule has 0 saturated heterocycles. The van der Waals surface area contributed by atoms with E-state index in [1.54, 1.807) is 6.92 Å². The van der Waals surface area contributed by atoms with Gasteiger partial charge < -0.3 is 21.1 Å². The standard InChI is InChI=1S/C12H23N3O3/c1-3-12(2,10(16)17)15-11(18)14-8-4-7-13-9-5-6-9/h9,13H,3-8H2,1-2H3,(H,16,17)(H2,14,15,18). The summed E-state index contributed by atoms with van der Waals surface area (Å²) in [4.78, 5) is 22.5. The van der Waals surface area contributed by atoms with E-state index in [4.69, 9.17) is 5.11 Å². The second kappa shape index (κ2) is 6.58. The van der Waals surface area contributed by atoms with Gasteiger partial charge in [0.25, 0.3) is 0 Å². The van der Waals surface area contributed by atoms with Gasteiger partial charge in [-0.05, 0) is 39.2 Å². The molecule has 18 heavy (non-hydrogen) atoms. The zero-order valence-electron chi connectivity index (χ0n) is 11.1. The molecule has 104 valence electrons. The fraction of sp³-hybridized carbons (Fsp3) is 0.833. The summed E-state index contributed by atoms with van der Waals surface area (Å²) in [6.07, 6.45) is 3.70. The number of carbonyl (C=O) groups is 2. The van der Waals surface area contributed by atoms with Crippen molar-refractivity contribution in [2.75, 3.05) is 13.1 Å². The molecule has 0 radical (unpaired) electrons. The van der Waals surface area contributed by atoms with Gasteiger partial charge in [-0.2, -0.15) is 0 Å². The monoisotopic (exact) mass is 257 g/mol. The first kappa shape index (κ1) is 14.8. The third-order valence-corrected chi connectivity index (χ3v) is 3.22. The van der Waals surface area contributed by atoms with Gasteiger partial charge in [0.1, 0.15) is 5.54 Å². The predicted octanol–water partition coefficient (Wildman–Crippen LogP) is 0.681. The summed E-state index contributed by atoms with van der Waals surface area (Å²) >= 11 is 0. The first-order valence-corrected chi connectivity index (χ1v) is 6.50. The smallest absolute Gasteiger partial charge is 0.329 e. The number of nitrogens with one attached hydrogen (secondary N) is 3. The molecular formula is C12H23N3O3. The normalized spacial score (nSPS) is 17.9. The van der Waals surface area contributed by atoms with Crippen LogP contribution in [0.1, 0.15) is 39.5 Å². The Morgan fingerprint density at radius 2 is 2.00 bits per heavy atom. The Morgan fingerprint density at radius 3 is 2.50 bits per heavy atom. The zero-order chi connectivity index (χ0) is 13.6. The lowest BCUT2D eigenvalue weighted by Gasteiger charge is -2.24. The second-order valence-corrected chi connectivity index (χ2v) is 4.95. The Labute approximate surface area is 108 Å². The largest absolute Gasteiger partial charge is 0.480 e. The van der Waals surface area contributed by atoms with Crippen LogP contribution in [-0.2, 0) is 4.79 Å². The van der Waals surface area contributed by atoms with Crippen molar-refractivity contribution >= 4 is 12.0 Å². The van der Waals surface area contributed by atoms with Crippen LogP contribution in [0.2, 0.25) is 0 Å². The van der Waals surface area contributed by atoms with E-state index in [-0.39, 0.29) is 0 Å². The SMILES string of the molecule is CCC(C)(NC(=O)NCCCNC1CC1)C(=O)O. The maximum Gasteiger partial charge on any atom is 0.329 e. The van der Waals surface area contributed by atoms with Gasteiger partial charge in [-0.15, -0.1) is 0 Å². The molecule has 4 N–H and O–H groups in total. The van der Waals surface area contributed by atoms with Crippen molar-refractivity contribution < 1.29 is 14.7 Å². The molecule has 1 rings (SSSR count). The fourth-order valence-electron chi connectivity index (χ4n) is 1.47. The molecule has 1 aliphatic rings. The van der Waals surface area contributed by atoms with Gasteiger partial charge in [-0.25, -0.2) is 9.59 Å². The highest BCUT2D eigenvalue weighted by Crippen LogP contribution is 2.18. The van der Waals surface area contributed by atoms with Gasteiger partial charge >= 0.3 is 12.0 Å². The molecule has 1 atom stereocenters. The van der Waals surface area contributed by atoms with E-state index >= 15 is 0 Å². The molecule has 1 fully saturated rings. The van der Waals surface area contributed by atoms with Crippen LogP contribution in [0.3, 0.4) is 0 Å². The van der Waals surface area contributed by atoms with Crippen LogP contribution >= 0.6 is 0 Å². The minimum absolute atomic E-state index is 0.346. The van der Waals surface area contributed by atoms with Crippen LogP contribution in [0.25, 0.3) is 0 Å². The molecule has 2 amide bonds. The molecule has 1 saturated carbocycles. The second-order valence-electron chi connectivity index (χ2n) is 4.95. The topological polar surface area (TPSA) is 90.5 Å². The van der Waals surface area contributed by atoms with Crippen molar-refractivity contribution in [3.8, 4) is 0 Å². The van der Waals surface area contributed by atoms with E-state index < -0.39 is 17.5 Å². The lowest BCUT2D eigenvalue weighted by Crippen LogP contribution is -2.55. The number of hydrogen-bond donors (Lipinski definition) is 4. The highest BCUT2D eigenvalue weighted by atomic mass is 16.4. The van der Waals surface area contributed by atoms with E-state index in [0.717, 1.165) is 13.0 Å².